The van der Waals surface area contributed by atoms with Crippen molar-refractivity contribution in [1.29, 1.82) is 0 Å². The molecule has 0 heterocycles. The van der Waals surface area contributed by atoms with Gasteiger partial charge in [-0.15, -0.1) is 0 Å². The predicted molar refractivity (Wildman–Crippen MR) is 108 cm³/mol. The molecule has 1 unspecified atom stereocenters. The molecule has 8 heteroatoms. The van der Waals surface area contributed by atoms with Gasteiger partial charge in [-0.3, -0.25) is 9.59 Å². The third kappa shape index (κ3) is 6.88. The second kappa shape index (κ2) is 10.8. The van der Waals surface area contributed by atoms with Crippen LogP contribution in [-0.2, 0) is 9.59 Å². The fraction of sp³-hybridized carbons (Fsp3) is 0.364. The maximum atomic E-state index is 13.7. The number of rotatable bonds is 9. The van der Waals surface area contributed by atoms with Crippen LogP contribution in [0.3, 0.4) is 0 Å². The van der Waals surface area contributed by atoms with Gasteiger partial charge in [0.05, 0.1) is 18.8 Å². The van der Waals surface area contributed by atoms with Gasteiger partial charge in [-0.05, 0) is 30.0 Å². The first kappa shape index (κ1) is 23.4. The van der Waals surface area contributed by atoms with E-state index in [-0.39, 0.29) is 25.0 Å². The van der Waals surface area contributed by atoms with Crippen LogP contribution in [0.4, 0.5) is 18.9 Å². The number of nitrogens with one attached hydrogen (secondary N) is 3. The van der Waals surface area contributed by atoms with E-state index in [4.69, 9.17) is 0 Å². The monoisotopic (exact) mass is 422 g/mol. The van der Waals surface area contributed by atoms with Crippen molar-refractivity contribution in [1.82, 2.24) is 5.32 Å². The van der Waals surface area contributed by atoms with Crippen molar-refractivity contribution in [2.45, 2.75) is 26.3 Å². The summed E-state index contributed by atoms with van der Waals surface area (Å²) in [7, 11) is 1.64. The predicted octanol–water partition coefficient (Wildman–Crippen LogP) is 2.46. The molecule has 0 aliphatic rings. The molecule has 30 heavy (non-hydrogen) atoms. The zero-order chi connectivity index (χ0) is 22.3. The van der Waals surface area contributed by atoms with Gasteiger partial charge in [-0.1, -0.05) is 44.2 Å². The Balaban J connectivity index is 1.91. The molecule has 0 aliphatic carbocycles. The number of hydrogen-bond acceptors (Lipinski definition) is 2. The number of carbonyl (C=O) groups excluding carboxylic acids is 2. The zero-order valence-electron chi connectivity index (χ0n) is 17.3. The molecule has 2 aromatic carbocycles. The van der Waals surface area contributed by atoms with E-state index in [9.17, 15) is 22.8 Å². The van der Waals surface area contributed by atoms with Crippen molar-refractivity contribution in [3.8, 4) is 0 Å². The quantitative estimate of drug-likeness (QED) is 0.544. The van der Waals surface area contributed by atoms with Gasteiger partial charge in [0.15, 0.2) is 30.5 Å². The SMILES string of the molecule is CC(C)C[C@H](NC(=O)C[NH+](C)CC(=O)Nc1ccc(F)c(F)c1F)c1ccccc1. The number of likely N-dealkylation sites (N-methyl/N-ethyl adjacent to an activating group) is 1. The molecule has 5 nitrogen and oxygen atoms in total. The van der Waals surface area contributed by atoms with Gasteiger partial charge in [0.25, 0.3) is 11.8 Å². The maximum Gasteiger partial charge on any atom is 0.279 e. The van der Waals surface area contributed by atoms with E-state index < -0.39 is 29.0 Å². The molecular formula is C22H27F3N3O2+. The summed E-state index contributed by atoms with van der Waals surface area (Å²) < 4.78 is 39.9. The minimum absolute atomic E-state index is 0.0229. The number of halogens is 3. The summed E-state index contributed by atoms with van der Waals surface area (Å²) in [5, 5.41) is 5.20. The van der Waals surface area contributed by atoms with Crippen LogP contribution >= 0.6 is 0 Å². The Labute approximate surface area is 174 Å². The highest BCUT2D eigenvalue weighted by molar-refractivity contribution is 5.91. The first-order chi connectivity index (χ1) is 14.2. The molecular weight excluding hydrogens is 395 g/mol. The number of benzene rings is 2. The molecule has 0 saturated heterocycles. The van der Waals surface area contributed by atoms with Crippen molar-refractivity contribution < 1.29 is 27.7 Å². The van der Waals surface area contributed by atoms with E-state index in [1.54, 1.807) is 7.05 Å². The van der Waals surface area contributed by atoms with Crippen molar-refractivity contribution in [3.63, 3.8) is 0 Å². The fourth-order valence-corrected chi connectivity index (χ4v) is 3.11. The van der Waals surface area contributed by atoms with Crippen molar-refractivity contribution in [2.24, 2.45) is 5.92 Å². The van der Waals surface area contributed by atoms with Crippen LogP contribution in [0.25, 0.3) is 0 Å². The maximum absolute atomic E-state index is 13.7. The third-order valence-electron chi connectivity index (χ3n) is 4.48. The zero-order valence-corrected chi connectivity index (χ0v) is 17.3. The van der Waals surface area contributed by atoms with Crippen LogP contribution in [0.5, 0.6) is 0 Å². The van der Waals surface area contributed by atoms with Crippen molar-refractivity contribution in [3.05, 3.63) is 65.5 Å². The lowest BCUT2D eigenvalue weighted by Gasteiger charge is -2.22. The summed E-state index contributed by atoms with van der Waals surface area (Å²) in [5.41, 5.74) is 0.556. The molecule has 2 amide bonds. The van der Waals surface area contributed by atoms with Gasteiger partial charge in [0.2, 0.25) is 0 Å². The first-order valence-electron chi connectivity index (χ1n) is 9.76. The van der Waals surface area contributed by atoms with Gasteiger partial charge in [-0.25, -0.2) is 13.2 Å². The second-order valence-electron chi connectivity index (χ2n) is 7.74. The molecule has 0 saturated carbocycles. The summed E-state index contributed by atoms with van der Waals surface area (Å²) in [5.74, 6) is -4.92. The highest BCUT2D eigenvalue weighted by Gasteiger charge is 2.21. The minimum atomic E-state index is -1.65. The van der Waals surface area contributed by atoms with Gasteiger partial charge in [0, 0.05) is 0 Å². The highest BCUT2D eigenvalue weighted by Crippen LogP contribution is 2.21. The van der Waals surface area contributed by atoms with Gasteiger partial charge in [-0.2, -0.15) is 0 Å². The summed E-state index contributed by atoms with van der Waals surface area (Å²) in [4.78, 5) is 25.1. The summed E-state index contributed by atoms with van der Waals surface area (Å²) in [6.07, 6.45) is 0.769. The van der Waals surface area contributed by atoms with E-state index in [1.165, 1.54) is 0 Å². The summed E-state index contributed by atoms with van der Waals surface area (Å²) >= 11 is 0. The van der Waals surface area contributed by atoms with Crippen LogP contribution in [0, 0.1) is 23.4 Å². The van der Waals surface area contributed by atoms with Gasteiger partial charge >= 0.3 is 0 Å². The fourth-order valence-electron chi connectivity index (χ4n) is 3.11. The van der Waals surface area contributed by atoms with E-state index in [0.29, 0.717) is 10.8 Å². The minimum Gasteiger partial charge on any atom is -0.344 e. The summed E-state index contributed by atoms with van der Waals surface area (Å²) in [6, 6.07) is 11.2. The average molecular weight is 422 g/mol. The Morgan fingerprint density at radius 3 is 2.20 bits per heavy atom. The van der Waals surface area contributed by atoms with E-state index >= 15 is 0 Å². The smallest absolute Gasteiger partial charge is 0.279 e. The van der Waals surface area contributed by atoms with Crippen LogP contribution < -0.4 is 15.5 Å². The topological polar surface area (TPSA) is 62.6 Å². The van der Waals surface area contributed by atoms with Crippen molar-refractivity contribution in [2.75, 3.05) is 25.5 Å². The Kier molecular flexibility index (Phi) is 8.41. The largest absolute Gasteiger partial charge is 0.344 e. The van der Waals surface area contributed by atoms with Crippen LogP contribution in [0.15, 0.2) is 42.5 Å². The molecule has 3 N–H and O–H groups in total. The Morgan fingerprint density at radius 2 is 1.57 bits per heavy atom. The Hall–Kier alpha value is -2.87. The molecule has 162 valence electrons. The normalized spacial score (nSPS) is 13.0. The Bertz CT molecular complexity index is 875. The van der Waals surface area contributed by atoms with E-state index in [1.807, 2.05) is 30.3 Å². The molecule has 0 radical (unpaired) electrons. The molecule has 2 rings (SSSR count). The molecule has 2 atom stereocenters. The third-order valence-corrected chi connectivity index (χ3v) is 4.48. The van der Waals surface area contributed by atoms with Gasteiger partial charge < -0.3 is 15.5 Å². The highest BCUT2D eigenvalue weighted by atomic mass is 19.2. The number of hydrogen-bond donors (Lipinski definition) is 3. The number of quaternary nitrogens is 1. The van der Waals surface area contributed by atoms with Crippen LogP contribution in [-0.4, -0.2) is 32.0 Å². The molecule has 0 bridgehead atoms. The van der Waals surface area contributed by atoms with Crippen molar-refractivity contribution >= 4 is 17.5 Å². The molecule has 0 aromatic heterocycles. The molecule has 0 fully saturated rings. The molecule has 0 spiro atoms. The average Bonchev–Trinajstić information content (AvgIpc) is 2.68. The lowest BCUT2D eigenvalue weighted by molar-refractivity contribution is -0.862. The standard InChI is InChI=1S/C22H26F3N3O2/c1-14(2)11-18(15-7-5-4-6-8-15)27-20(30)13-28(3)12-19(29)26-17-10-9-16(23)21(24)22(17)25/h4-10,14,18H,11-13H2,1-3H3,(H,26,29)(H,27,30)/p+1/t18-/m0/s1. The second-order valence-corrected chi connectivity index (χ2v) is 7.74. The Morgan fingerprint density at radius 1 is 0.933 bits per heavy atom. The number of anilines is 1. The number of carbonyl (C=O) groups is 2. The first-order valence-corrected chi connectivity index (χ1v) is 9.76. The lowest BCUT2D eigenvalue weighted by Crippen LogP contribution is -3.11. The van der Waals surface area contributed by atoms with E-state index in [2.05, 4.69) is 24.5 Å². The summed E-state index contributed by atoms with van der Waals surface area (Å²) in [6.45, 7) is 4.02. The number of amides is 2. The lowest BCUT2D eigenvalue weighted by atomic mass is 9.97. The van der Waals surface area contributed by atoms with E-state index in [0.717, 1.165) is 24.1 Å². The van der Waals surface area contributed by atoms with Gasteiger partial charge in [0.1, 0.15) is 0 Å². The van der Waals surface area contributed by atoms with Crippen LogP contribution in [0.1, 0.15) is 31.9 Å². The molecule has 2 aromatic rings. The molecule has 0 aliphatic heterocycles. The van der Waals surface area contributed by atoms with Crippen LogP contribution in [0.2, 0.25) is 0 Å².